The van der Waals surface area contributed by atoms with Crippen LogP contribution < -0.4 is 11.0 Å². The standard InChI is InChI=1S/C14H17N3O4/c1-9(13(19)20)15-12(18)7-8-17-11-6-4-3-5-10(11)16(2)14(17)21/h3-6,9H,7-8H2,1-2H3,(H,15,18)(H,19,20)/t9-/m1/s1. The van der Waals surface area contributed by atoms with E-state index in [1.807, 2.05) is 24.3 Å². The first-order valence-electron chi connectivity index (χ1n) is 6.58. The van der Waals surface area contributed by atoms with Gasteiger partial charge in [0.15, 0.2) is 0 Å². The monoisotopic (exact) mass is 291 g/mol. The summed E-state index contributed by atoms with van der Waals surface area (Å²) in [5.74, 6) is -1.49. The third-order valence-electron chi connectivity index (χ3n) is 3.36. The average Bonchev–Trinajstić information content (AvgIpc) is 2.69. The minimum atomic E-state index is -1.09. The number of carbonyl (C=O) groups excluding carboxylic acids is 1. The summed E-state index contributed by atoms with van der Waals surface area (Å²) < 4.78 is 3.04. The maximum Gasteiger partial charge on any atom is 0.328 e. The van der Waals surface area contributed by atoms with Gasteiger partial charge in [0.05, 0.1) is 11.0 Å². The molecule has 0 aliphatic heterocycles. The van der Waals surface area contributed by atoms with Crippen LogP contribution in [0.2, 0.25) is 0 Å². The fourth-order valence-corrected chi connectivity index (χ4v) is 2.17. The van der Waals surface area contributed by atoms with Crippen molar-refractivity contribution in [3.63, 3.8) is 0 Å². The van der Waals surface area contributed by atoms with Crippen molar-refractivity contribution >= 4 is 22.9 Å². The quantitative estimate of drug-likeness (QED) is 0.829. The topological polar surface area (TPSA) is 93.3 Å². The molecule has 2 N–H and O–H groups in total. The van der Waals surface area contributed by atoms with Crippen LogP contribution in [-0.4, -0.2) is 32.2 Å². The van der Waals surface area contributed by atoms with E-state index in [0.29, 0.717) is 0 Å². The molecule has 2 aromatic rings. The number of amides is 1. The van der Waals surface area contributed by atoms with Crippen molar-refractivity contribution in [3.8, 4) is 0 Å². The summed E-state index contributed by atoms with van der Waals surface area (Å²) in [6.07, 6.45) is 0.0472. The SMILES string of the molecule is C[C@@H](NC(=O)CCn1c(=O)n(C)c2ccccc21)C(=O)O. The van der Waals surface area contributed by atoms with Crippen LogP contribution in [0, 0.1) is 0 Å². The van der Waals surface area contributed by atoms with Gasteiger partial charge in [-0.1, -0.05) is 12.1 Å². The van der Waals surface area contributed by atoms with Gasteiger partial charge in [0.1, 0.15) is 6.04 Å². The highest BCUT2D eigenvalue weighted by Gasteiger charge is 2.15. The molecular formula is C14H17N3O4. The van der Waals surface area contributed by atoms with Gasteiger partial charge in [0.2, 0.25) is 5.91 Å². The van der Waals surface area contributed by atoms with Gasteiger partial charge in [0, 0.05) is 20.0 Å². The van der Waals surface area contributed by atoms with E-state index in [-0.39, 0.29) is 18.7 Å². The van der Waals surface area contributed by atoms with Gasteiger partial charge < -0.3 is 10.4 Å². The molecule has 0 saturated carbocycles. The van der Waals surface area contributed by atoms with E-state index < -0.39 is 17.9 Å². The Bertz CT molecular complexity index is 744. The van der Waals surface area contributed by atoms with Crippen molar-refractivity contribution < 1.29 is 14.7 Å². The van der Waals surface area contributed by atoms with E-state index >= 15 is 0 Å². The Kier molecular flexibility index (Phi) is 4.11. The van der Waals surface area contributed by atoms with Gasteiger partial charge >= 0.3 is 11.7 Å². The summed E-state index contributed by atoms with van der Waals surface area (Å²) in [6.45, 7) is 1.60. The third kappa shape index (κ3) is 2.96. The zero-order valence-corrected chi connectivity index (χ0v) is 11.9. The molecule has 0 radical (unpaired) electrons. The summed E-state index contributed by atoms with van der Waals surface area (Å²) in [4.78, 5) is 34.5. The normalized spacial score (nSPS) is 12.3. The molecule has 7 heteroatoms. The molecule has 1 aromatic carbocycles. The Balaban J connectivity index is 2.14. The number of fused-ring (bicyclic) bond motifs is 1. The van der Waals surface area contributed by atoms with Crippen molar-refractivity contribution in [2.45, 2.75) is 25.9 Å². The van der Waals surface area contributed by atoms with Crippen LogP contribution in [0.3, 0.4) is 0 Å². The number of hydrogen-bond acceptors (Lipinski definition) is 3. The smallest absolute Gasteiger partial charge is 0.328 e. The van der Waals surface area contributed by atoms with Crippen LogP contribution in [0.25, 0.3) is 11.0 Å². The lowest BCUT2D eigenvalue weighted by Crippen LogP contribution is -2.39. The summed E-state index contributed by atoms with van der Waals surface area (Å²) in [5, 5.41) is 11.1. The Morgan fingerprint density at radius 1 is 1.29 bits per heavy atom. The fraction of sp³-hybridized carbons (Fsp3) is 0.357. The van der Waals surface area contributed by atoms with E-state index in [9.17, 15) is 14.4 Å². The molecule has 0 aliphatic carbocycles. The van der Waals surface area contributed by atoms with E-state index in [2.05, 4.69) is 5.32 Å². The van der Waals surface area contributed by atoms with Gasteiger partial charge in [-0.2, -0.15) is 0 Å². The number of benzene rings is 1. The number of carboxylic acid groups (broad SMARTS) is 1. The molecule has 21 heavy (non-hydrogen) atoms. The molecule has 1 amide bonds. The van der Waals surface area contributed by atoms with Gasteiger partial charge in [-0.25, -0.2) is 4.79 Å². The number of nitrogens with zero attached hydrogens (tertiary/aromatic N) is 2. The Labute approximate surface area is 120 Å². The van der Waals surface area contributed by atoms with Crippen LogP contribution in [0.1, 0.15) is 13.3 Å². The van der Waals surface area contributed by atoms with Crippen molar-refractivity contribution in [1.82, 2.24) is 14.5 Å². The number of imidazole rings is 1. The van der Waals surface area contributed by atoms with Crippen LogP contribution in [0.15, 0.2) is 29.1 Å². The molecule has 7 nitrogen and oxygen atoms in total. The Morgan fingerprint density at radius 3 is 2.52 bits per heavy atom. The summed E-state index contributed by atoms with van der Waals surface area (Å²) in [5.41, 5.74) is 1.35. The number of rotatable bonds is 5. The van der Waals surface area contributed by atoms with Gasteiger partial charge in [-0.15, -0.1) is 0 Å². The van der Waals surface area contributed by atoms with Crippen LogP contribution in [0.4, 0.5) is 0 Å². The van der Waals surface area contributed by atoms with Crippen molar-refractivity contribution in [2.75, 3.05) is 0 Å². The minimum absolute atomic E-state index is 0.0472. The number of nitrogens with one attached hydrogen (secondary N) is 1. The average molecular weight is 291 g/mol. The lowest BCUT2D eigenvalue weighted by atomic mass is 10.3. The molecule has 0 aliphatic rings. The fourth-order valence-electron chi connectivity index (χ4n) is 2.17. The molecule has 0 fully saturated rings. The predicted octanol–water partition coefficient (Wildman–Crippen LogP) is 0.319. The second-order valence-electron chi connectivity index (χ2n) is 4.86. The van der Waals surface area contributed by atoms with Crippen molar-refractivity contribution in [1.29, 1.82) is 0 Å². The first-order chi connectivity index (χ1) is 9.91. The number of aryl methyl sites for hydroxylation is 2. The van der Waals surface area contributed by atoms with Crippen LogP contribution in [0.5, 0.6) is 0 Å². The van der Waals surface area contributed by atoms with E-state index in [1.54, 1.807) is 7.05 Å². The molecule has 0 spiro atoms. The number of aliphatic carboxylic acids is 1. The van der Waals surface area contributed by atoms with E-state index in [4.69, 9.17) is 5.11 Å². The highest BCUT2D eigenvalue weighted by Crippen LogP contribution is 2.11. The highest BCUT2D eigenvalue weighted by molar-refractivity contribution is 5.83. The molecule has 1 heterocycles. The second kappa shape index (κ2) is 5.82. The zero-order chi connectivity index (χ0) is 15.6. The molecule has 112 valence electrons. The summed E-state index contributed by atoms with van der Waals surface area (Å²) in [6, 6.07) is 6.37. The van der Waals surface area contributed by atoms with Gasteiger partial charge in [0.25, 0.3) is 0 Å². The molecule has 1 atom stereocenters. The molecule has 0 saturated heterocycles. The molecule has 0 unspecified atom stereocenters. The van der Waals surface area contributed by atoms with E-state index in [1.165, 1.54) is 16.1 Å². The van der Waals surface area contributed by atoms with E-state index in [0.717, 1.165) is 11.0 Å². The second-order valence-corrected chi connectivity index (χ2v) is 4.86. The maximum atomic E-state index is 12.1. The third-order valence-corrected chi connectivity index (χ3v) is 3.36. The zero-order valence-electron chi connectivity index (χ0n) is 11.9. The molecule has 1 aromatic heterocycles. The summed E-state index contributed by atoms with van der Waals surface area (Å²) in [7, 11) is 1.67. The number of carboxylic acids is 1. The Morgan fingerprint density at radius 2 is 1.90 bits per heavy atom. The van der Waals surface area contributed by atoms with Crippen LogP contribution in [-0.2, 0) is 23.2 Å². The lowest BCUT2D eigenvalue weighted by Gasteiger charge is -2.09. The first kappa shape index (κ1) is 14.8. The number of hydrogen-bond donors (Lipinski definition) is 2. The van der Waals surface area contributed by atoms with Crippen molar-refractivity contribution in [2.24, 2.45) is 7.05 Å². The maximum absolute atomic E-state index is 12.1. The number of carbonyl (C=O) groups is 2. The largest absolute Gasteiger partial charge is 0.480 e. The number of para-hydroxylation sites is 2. The predicted molar refractivity (Wildman–Crippen MR) is 77.0 cm³/mol. The van der Waals surface area contributed by atoms with Gasteiger partial charge in [-0.05, 0) is 19.1 Å². The number of aromatic nitrogens is 2. The highest BCUT2D eigenvalue weighted by atomic mass is 16.4. The minimum Gasteiger partial charge on any atom is -0.480 e. The van der Waals surface area contributed by atoms with Gasteiger partial charge in [-0.3, -0.25) is 18.7 Å². The van der Waals surface area contributed by atoms with Crippen molar-refractivity contribution in [3.05, 3.63) is 34.7 Å². The molecular weight excluding hydrogens is 274 g/mol. The summed E-state index contributed by atoms with van der Waals surface area (Å²) >= 11 is 0. The first-order valence-corrected chi connectivity index (χ1v) is 6.58. The van der Waals surface area contributed by atoms with Crippen LogP contribution >= 0.6 is 0 Å². The molecule has 0 bridgehead atoms. The lowest BCUT2D eigenvalue weighted by molar-refractivity contribution is -0.141. The molecule has 2 rings (SSSR count). The Hall–Kier alpha value is -2.57.